The van der Waals surface area contributed by atoms with Crippen molar-refractivity contribution in [1.82, 2.24) is 10.2 Å². The first kappa shape index (κ1) is 15.3. The highest BCUT2D eigenvalue weighted by Gasteiger charge is 2.27. The molecule has 2 fully saturated rings. The van der Waals surface area contributed by atoms with Crippen molar-refractivity contribution >= 4 is 11.6 Å². The lowest BCUT2D eigenvalue weighted by atomic mass is 10.0. The Hall–Kier alpha value is -0.610. The quantitative estimate of drug-likeness (QED) is 0.905. The summed E-state index contributed by atoms with van der Waals surface area (Å²) in [6.07, 6.45) is 2.43. The lowest BCUT2D eigenvalue weighted by molar-refractivity contribution is 0.126. The zero-order valence-corrected chi connectivity index (χ0v) is 13.5. The number of hydrogen-bond acceptors (Lipinski definition) is 3. The van der Waals surface area contributed by atoms with E-state index in [2.05, 4.69) is 35.3 Å². The molecular weight excluding hydrogens is 284 g/mol. The molecular formula is C17H25ClN2O. The van der Waals surface area contributed by atoms with Gasteiger partial charge in [0.2, 0.25) is 0 Å². The molecule has 0 aromatic heterocycles. The predicted octanol–water partition coefficient (Wildman–Crippen LogP) is 2.85. The minimum absolute atomic E-state index is 0.544. The molecule has 2 saturated heterocycles. The summed E-state index contributed by atoms with van der Waals surface area (Å²) in [6.45, 7) is 8.23. The van der Waals surface area contributed by atoms with Crippen molar-refractivity contribution in [2.75, 3.05) is 32.8 Å². The number of rotatable bonds is 5. The number of nitrogens with zero attached hydrogens (tertiary/aromatic N) is 1. The summed E-state index contributed by atoms with van der Waals surface area (Å²) in [5.74, 6) is 0.759. The van der Waals surface area contributed by atoms with Crippen molar-refractivity contribution in [1.29, 1.82) is 0 Å². The topological polar surface area (TPSA) is 24.5 Å². The van der Waals surface area contributed by atoms with Gasteiger partial charge in [-0.1, -0.05) is 23.7 Å². The number of ether oxygens (including phenoxy) is 1. The van der Waals surface area contributed by atoms with Gasteiger partial charge >= 0.3 is 0 Å². The van der Waals surface area contributed by atoms with Crippen LogP contribution in [0.3, 0.4) is 0 Å². The Morgan fingerprint density at radius 2 is 2.29 bits per heavy atom. The first-order valence-electron chi connectivity index (χ1n) is 8.00. The van der Waals surface area contributed by atoms with E-state index in [9.17, 15) is 0 Å². The monoisotopic (exact) mass is 308 g/mol. The van der Waals surface area contributed by atoms with Crippen LogP contribution in [-0.2, 0) is 11.3 Å². The molecule has 116 valence electrons. The van der Waals surface area contributed by atoms with Gasteiger partial charge in [0.25, 0.3) is 0 Å². The molecule has 0 aliphatic carbocycles. The SMILES string of the molecule is Cc1ccc(CN(CC2CCNC2)C2CCOC2)c(Cl)c1. The number of aryl methyl sites for hydroxylation is 1. The van der Waals surface area contributed by atoms with Crippen molar-refractivity contribution in [3.8, 4) is 0 Å². The molecule has 2 heterocycles. The van der Waals surface area contributed by atoms with Gasteiger partial charge in [0, 0.05) is 30.8 Å². The van der Waals surface area contributed by atoms with Crippen LogP contribution < -0.4 is 5.32 Å². The van der Waals surface area contributed by atoms with Crippen LogP contribution in [0.15, 0.2) is 18.2 Å². The van der Waals surface area contributed by atoms with Gasteiger partial charge in [0.1, 0.15) is 0 Å². The smallest absolute Gasteiger partial charge is 0.0622 e. The Balaban J connectivity index is 1.70. The zero-order chi connectivity index (χ0) is 14.7. The lowest BCUT2D eigenvalue weighted by Crippen LogP contribution is -2.39. The van der Waals surface area contributed by atoms with Crippen molar-refractivity contribution in [3.63, 3.8) is 0 Å². The largest absolute Gasteiger partial charge is 0.380 e. The lowest BCUT2D eigenvalue weighted by Gasteiger charge is -2.30. The van der Waals surface area contributed by atoms with Crippen LogP contribution in [0.1, 0.15) is 24.0 Å². The molecule has 21 heavy (non-hydrogen) atoms. The summed E-state index contributed by atoms with van der Waals surface area (Å²) in [7, 11) is 0. The second-order valence-electron chi connectivity index (χ2n) is 6.40. The van der Waals surface area contributed by atoms with E-state index in [0.29, 0.717) is 6.04 Å². The minimum atomic E-state index is 0.544. The number of halogens is 1. The Kier molecular flexibility index (Phi) is 5.17. The van der Waals surface area contributed by atoms with E-state index >= 15 is 0 Å². The molecule has 3 rings (SSSR count). The molecule has 0 saturated carbocycles. The highest BCUT2D eigenvalue weighted by Crippen LogP contribution is 2.24. The molecule has 0 bridgehead atoms. The Morgan fingerprint density at radius 3 is 2.95 bits per heavy atom. The van der Waals surface area contributed by atoms with E-state index in [1.807, 2.05) is 0 Å². The number of hydrogen-bond donors (Lipinski definition) is 1. The molecule has 2 aliphatic rings. The fourth-order valence-corrected chi connectivity index (χ4v) is 3.65. The van der Waals surface area contributed by atoms with Gasteiger partial charge in [0.15, 0.2) is 0 Å². The summed E-state index contributed by atoms with van der Waals surface area (Å²) in [5, 5.41) is 4.36. The molecule has 1 N–H and O–H groups in total. The van der Waals surface area contributed by atoms with Gasteiger partial charge in [-0.05, 0) is 56.0 Å². The van der Waals surface area contributed by atoms with Crippen LogP contribution >= 0.6 is 11.6 Å². The van der Waals surface area contributed by atoms with Crippen molar-refractivity contribution in [2.24, 2.45) is 5.92 Å². The summed E-state index contributed by atoms with van der Waals surface area (Å²) >= 11 is 6.43. The van der Waals surface area contributed by atoms with Crippen molar-refractivity contribution < 1.29 is 4.74 Å². The molecule has 0 amide bonds. The maximum Gasteiger partial charge on any atom is 0.0622 e. The van der Waals surface area contributed by atoms with Crippen LogP contribution in [0.4, 0.5) is 0 Å². The van der Waals surface area contributed by atoms with Gasteiger partial charge in [0.05, 0.1) is 6.61 Å². The summed E-state index contributed by atoms with van der Waals surface area (Å²) in [5.41, 5.74) is 2.46. The van der Waals surface area contributed by atoms with E-state index in [4.69, 9.17) is 16.3 Å². The molecule has 2 aliphatic heterocycles. The Labute approximate surface area is 132 Å². The van der Waals surface area contributed by atoms with E-state index in [1.54, 1.807) is 0 Å². The fraction of sp³-hybridized carbons (Fsp3) is 0.647. The molecule has 0 spiro atoms. The van der Waals surface area contributed by atoms with Crippen LogP contribution in [-0.4, -0.2) is 43.8 Å². The van der Waals surface area contributed by atoms with Crippen LogP contribution in [0.5, 0.6) is 0 Å². The molecule has 4 heteroatoms. The molecule has 0 radical (unpaired) electrons. The van der Waals surface area contributed by atoms with E-state index < -0.39 is 0 Å². The van der Waals surface area contributed by atoms with Crippen molar-refractivity contribution in [2.45, 2.75) is 32.4 Å². The van der Waals surface area contributed by atoms with E-state index in [0.717, 1.165) is 56.8 Å². The number of benzene rings is 1. The first-order chi connectivity index (χ1) is 10.2. The summed E-state index contributed by atoms with van der Waals surface area (Å²) < 4.78 is 5.60. The van der Waals surface area contributed by atoms with Gasteiger partial charge in [-0.15, -0.1) is 0 Å². The second-order valence-corrected chi connectivity index (χ2v) is 6.81. The Morgan fingerprint density at radius 1 is 1.38 bits per heavy atom. The Bertz CT molecular complexity index is 468. The predicted molar refractivity (Wildman–Crippen MR) is 86.8 cm³/mol. The molecule has 2 atom stereocenters. The maximum atomic E-state index is 6.43. The summed E-state index contributed by atoms with van der Waals surface area (Å²) in [6, 6.07) is 6.94. The minimum Gasteiger partial charge on any atom is -0.380 e. The van der Waals surface area contributed by atoms with Gasteiger partial charge in [-0.2, -0.15) is 0 Å². The molecule has 2 unspecified atom stereocenters. The molecule has 1 aromatic carbocycles. The highest BCUT2D eigenvalue weighted by molar-refractivity contribution is 6.31. The second kappa shape index (κ2) is 7.10. The van der Waals surface area contributed by atoms with Gasteiger partial charge in [-0.3, -0.25) is 4.90 Å². The van der Waals surface area contributed by atoms with Crippen LogP contribution in [0.25, 0.3) is 0 Å². The average molecular weight is 309 g/mol. The number of nitrogens with one attached hydrogen (secondary N) is 1. The first-order valence-corrected chi connectivity index (χ1v) is 8.37. The van der Waals surface area contributed by atoms with Crippen molar-refractivity contribution in [3.05, 3.63) is 34.3 Å². The van der Waals surface area contributed by atoms with Gasteiger partial charge in [-0.25, -0.2) is 0 Å². The third-order valence-electron chi connectivity index (χ3n) is 4.66. The zero-order valence-electron chi connectivity index (χ0n) is 12.8. The van der Waals surface area contributed by atoms with Crippen LogP contribution in [0, 0.1) is 12.8 Å². The molecule has 1 aromatic rings. The normalized spacial score (nSPS) is 25.9. The van der Waals surface area contributed by atoms with Crippen LogP contribution in [0.2, 0.25) is 5.02 Å². The van der Waals surface area contributed by atoms with E-state index in [-0.39, 0.29) is 0 Å². The molecule has 3 nitrogen and oxygen atoms in total. The maximum absolute atomic E-state index is 6.43. The third-order valence-corrected chi connectivity index (χ3v) is 5.01. The van der Waals surface area contributed by atoms with Gasteiger partial charge < -0.3 is 10.1 Å². The highest BCUT2D eigenvalue weighted by atomic mass is 35.5. The third kappa shape index (κ3) is 3.98. The van der Waals surface area contributed by atoms with E-state index in [1.165, 1.54) is 17.5 Å². The standard InChI is InChI=1S/C17H25ClN2O/c1-13-2-3-15(17(18)8-13)11-20(16-5-7-21-12-16)10-14-4-6-19-9-14/h2-3,8,14,16,19H,4-7,9-12H2,1H3. The average Bonchev–Trinajstić information content (AvgIpc) is 3.13. The summed E-state index contributed by atoms with van der Waals surface area (Å²) in [4.78, 5) is 2.58. The fourth-order valence-electron chi connectivity index (χ4n) is 3.35.